The summed E-state index contributed by atoms with van der Waals surface area (Å²) in [6.45, 7) is 4.33. The smallest absolute Gasteiger partial charge is 0.170 e. The Labute approximate surface area is 143 Å². The molecule has 1 fully saturated rings. The van der Waals surface area contributed by atoms with Gasteiger partial charge in [-0.05, 0) is 75.4 Å². The van der Waals surface area contributed by atoms with Crippen LogP contribution in [0, 0.1) is 5.92 Å². The van der Waals surface area contributed by atoms with E-state index >= 15 is 0 Å². The highest BCUT2D eigenvalue weighted by atomic mass is 16.5. The number of nitrogens with two attached hydrogens (primary N) is 1. The van der Waals surface area contributed by atoms with Crippen molar-refractivity contribution in [3.63, 3.8) is 0 Å². The monoisotopic (exact) mass is 335 g/mol. The summed E-state index contributed by atoms with van der Waals surface area (Å²) in [5.41, 5.74) is 6.21. The van der Waals surface area contributed by atoms with Crippen molar-refractivity contribution in [1.82, 2.24) is 4.90 Å². The first kappa shape index (κ1) is 18.5. The van der Waals surface area contributed by atoms with Crippen LogP contribution >= 0.6 is 0 Å². The number of amidine groups is 1. The summed E-state index contributed by atoms with van der Waals surface area (Å²) < 4.78 is 5.76. The maximum absolute atomic E-state index is 8.88. The van der Waals surface area contributed by atoms with E-state index in [9.17, 15) is 0 Å². The van der Waals surface area contributed by atoms with Crippen LogP contribution in [-0.4, -0.2) is 53.9 Å². The van der Waals surface area contributed by atoms with Gasteiger partial charge in [-0.15, -0.1) is 0 Å². The summed E-state index contributed by atoms with van der Waals surface area (Å²) in [6.07, 6.45) is 5.65. The summed E-state index contributed by atoms with van der Waals surface area (Å²) in [4.78, 5) is 2.45. The first-order valence-corrected chi connectivity index (χ1v) is 8.77. The topological polar surface area (TPSA) is 91.3 Å². The molecule has 2 rings (SSSR count). The molecule has 134 valence electrons. The van der Waals surface area contributed by atoms with Gasteiger partial charge in [0.2, 0.25) is 0 Å². The lowest BCUT2D eigenvalue weighted by atomic mass is 9.92. The molecule has 0 bridgehead atoms. The average molecular weight is 335 g/mol. The minimum atomic E-state index is 0.104. The lowest BCUT2D eigenvalue weighted by Gasteiger charge is -2.31. The van der Waals surface area contributed by atoms with Gasteiger partial charge in [-0.1, -0.05) is 5.16 Å². The van der Waals surface area contributed by atoms with Crippen molar-refractivity contribution in [2.45, 2.75) is 32.1 Å². The molecule has 1 aromatic carbocycles. The SMILES string of the molecule is NC(=NO)c1ccc(OCCCC2CCN(CCCO)CC2)cc1. The second-order valence-electron chi connectivity index (χ2n) is 6.36. The number of ether oxygens (including phenoxy) is 1. The van der Waals surface area contributed by atoms with Gasteiger partial charge in [-0.3, -0.25) is 0 Å². The molecule has 0 unspecified atom stereocenters. The highest BCUT2D eigenvalue weighted by molar-refractivity contribution is 5.97. The molecule has 0 amide bonds. The maximum atomic E-state index is 8.88. The van der Waals surface area contributed by atoms with E-state index in [0.29, 0.717) is 12.2 Å². The Kier molecular flexibility index (Phi) is 7.85. The molecular formula is C18H29N3O3. The summed E-state index contributed by atoms with van der Waals surface area (Å²) in [5, 5.41) is 20.5. The number of benzene rings is 1. The fourth-order valence-corrected chi connectivity index (χ4v) is 3.13. The molecular weight excluding hydrogens is 306 g/mol. The van der Waals surface area contributed by atoms with Gasteiger partial charge in [0, 0.05) is 18.7 Å². The van der Waals surface area contributed by atoms with Gasteiger partial charge >= 0.3 is 0 Å². The molecule has 24 heavy (non-hydrogen) atoms. The number of rotatable bonds is 9. The fourth-order valence-electron chi connectivity index (χ4n) is 3.13. The second-order valence-corrected chi connectivity index (χ2v) is 6.36. The van der Waals surface area contributed by atoms with Crippen LogP contribution < -0.4 is 10.5 Å². The van der Waals surface area contributed by atoms with Gasteiger partial charge in [0.1, 0.15) is 5.75 Å². The van der Waals surface area contributed by atoms with Crippen molar-refractivity contribution in [2.24, 2.45) is 16.8 Å². The largest absolute Gasteiger partial charge is 0.494 e. The summed E-state index contributed by atoms with van der Waals surface area (Å²) in [5.74, 6) is 1.71. The molecule has 0 aromatic heterocycles. The van der Waals surface area contributed by atoms with Crippen LogP contribution in [0.15, 0.2) is 29.4 Å². The molecule has 0 atom stereocenters. The summed E-state index contributed by atoms with van der Waals surface area (Å²) in [7, 11) is 0. The Morgan fingerprint density at radius 3 is 2.54 bits per heavy atom. The van der Waals surface area contributed by atoms with E-state index in [0.717, 1.165) is 44.1 Å². The number of nitrogens with zero attached hydrogens (tertiary/aromatic N) is 2. The van der Waals surface area contributed by atoms with Gasteiger partial charge in [-0.2, -0.15) is 0 Å². The van der Waals surface area contributed by atoms with Crippen molar-refractivity contribution in [1.29, 1.82) is 0 Å². The number of aliphatic hydroxyl groups excluding tert-OH is 1. The van der Waals surface area contributed by atoms with Crippen LogP contribution in [0.4, 0.5) is 0 Å². The summed E-state index contributed by atoms with van der Waals surface area (Å²) in [6, 6.07) is 7.25. The van der Waals surface area contributed by atoms with E-state index in [1.807, 2.05) is 12.1 Å². The Bertz CT molecular complexity index is 497. The number of hydrogen-bond acceptors (Lipinski definition) is 5. The summed E-state index contributed by atoms with van der Waals surface area (Å²) >= 11 is 0. The molecule has 4 N–H and O–H groups in total. The Morgan fingerprint density at radius 2 is 1.92 bits per heavy atom. The van der Waals surface area contributed by atoms with Crippen molar-refractivity contribution in [3.05, 3.63) is 29.8 Å². The molecule has 1 aliphatic rings. The molecule has 0 radical (unpaired) electrons. The first-order chi connectivity index (χ1) is 11.7. The van der Waals surface area contributed by atoms with Gasteiger partial charge in [0.15, 0.2) is 5.84 Å². The van der Waals surface area contributed by atoms with Gasteiger partial charge in [0.25, 0.3) is 0 Å². The van der Waals surface area contributed by atoms with Gasteiger partial charge in [-0.25, -0.2) is 0 Å². The van der Waals surface area contributed by atoms with Crippen LogP contribution in [0.1, 0.15) is 37.7 Å². The van der Waals surface area contributed by atoms with E-state index in [2.05, 4.69) is 10.1 Å². The van der Waals surface area contributed by atoms with Crippen LogP contribution in [-0.2, 0) is 0 Å². The molecule has 6 nitrogen and oxygen atoms in total. The minimum absolute atomic E-state index is 0.104. The highest BCUT2D eigenvalue weighted by Crippen LogP contribution is 2.22. The van der Waals surface area contributed by atoms with Crippen molar-refractivity contribution < 1.29 is 15.1 Å². The third-order valence-electron chi connectivity index (χ3n) is 4.62. The Hall–Kier alpha value is -1.79. The minimum Gasteiger partial charge on any atom is -0.494 e. The van der Waals surface area contributed by atoms with E-state index in [-0.39, 0.29) is 12.4 Å². The Morgan fingerprint density at radius 1 is 1.21 bits per heavy atom. The second kappa shape index (κ2) is 10.2. The van der Waals surface area contributed by atoms with Crippen LogP contribution in [0.3, 0.4) is 0 Å². The average Bonchev–Trinajstić information content (AvgIpc) is 2.64. The normalized spacial score (nSPS) is 17.1. The molecule has 1 heterocycles. The fraction of sp³-hybridized carbons (Fsp3) is 0.611. The quantitative estimate of drug-likeness (QED) is 0.211. The molecule has 0 aliphatic carbocycles. The first-order valence-electron chi connectivity index (χ1n) is 8.77. The highest BCUT2D eigenvalue weighted by Gasteiger charge is 2.18. The number of likely N-dealkylation sites (tertiary alicyclic amines) is 1. The predicted molar refractivity (Wildman–Crippen MR) is 94.5 cm³/mol. The molecule has 0 spiro atoms. The van der Waals surface area contributed by atoms with Crippen LogP contribution in [0.5, 0.6) is 5.75 Å². The van der Waals surface area contributed by atoms with E-state index in [1.165, 1.54) is 19.3 Å². The zero-order valence-corrected chi connectivity index (χ0v) is 14.2. The third kappa shape index (κ3) is 6.02. The lowest BCUT2D eigenvalue weighted by molar-refractivity contribution is 0.158. The standard InChI is InChI=1S/C18H29N3O3/c19-18(20-23)16-4-6-17(7-5-16)24-14-1-3-15-8-11-21(12-9-15)10-2-13-22/h4-7,15,22-23H,1-3,8-14H2,(H2,19,20). The van der Waals surface area contributed by atoms with E-state index in [1.54, 1.807) is 12.1 Å². The zero-order chi connectivity index (χ0) is 17.2. The molecule has 1 saturated heterocycles. The van der Waals surface area contributed by atoms with Crippen molar-refractivity contribution in [2.75, 3.05) is 32.8 Å². The van der Waals surface area contributed by atoms with Crippen molar-refractivity contribution >= 4 is 5.84 Å². The number of piperidine rings is 1. The van der Waals surface area contributed by atoms with E-state index < -0.39 is 0 Å². The molecule has 1 aromatic rings. The predicted octanol–water partition coefficient (Wildman–Crippen LogP) is 2.03. The Balaban J connectivity index is 1.60. The maximum Gasteiger partial charge on any atom is 0.170 e. The zero-order valence-electron chi connectivity index (χ0n) is 14.2. The van der Waals surface area contributed by atoms with Gasteiger partial charge in [0.05, 0.1) is 6.61 Å². The number of hydrogen-bond donors (Lipinski definition) is 3. The molecule has 1 aliphatic heterocycles. The number of oxime groups is 1. The molecule has 6 heteroatoms. The van der Waals surface area contributed by atoms with Gasteiger partial charge < -0.3 is 25.7 Å². The van der Waals surface area contributed by atoms with E-state index in [4.69, 9.17) is 20.8 Å². The number of aliphatic hydroxyl groups is 1. The third-order valence-corrected chi connectivity index (χ3v) is 4.62. The van der Waals surface area contributed by atoms with Crippen LogP contribution in [0.2, 0.25) is 0 Å². The molecule has 0 saturated carbocycles. The van der Waals surface area contributed by atoms with Crippen LogP contribution in [0.25, 0.3) is 0 Å². The van der Waals surface area contributed by atoms with Crippen molar-refractivity contribution in [3.8, 4) is 5.75 Å². The lowest BCUT2D eigenvalue weighted by Crippen LogP contribution is -2.34.